The number of anilines is 1. The highest BCUT2D eigenvalue weighted by Crippen LogP contribution is 2.09. The van der Waals surface area contributed by atoms with Crippen LogP contribution in [0.1, 0.15) is 12.0 Å². The molecule has 0 aliphatic heterocycles. The van der Waals surface area contributed by atoms with E-state index in [4.69, 9.17) is 11.5 Å². The first-order valence-electron chi connectivity index (χ1n) is 4.51. The van der Waals surface area contributed by atoms with E-state index in [0.717, 1.165) is 0 Å². The number of carbonyl (C=O) groups is 2. The lowest BCUT2D eigenvalue weighted by atomic mass is 10.2. The van der Waals surface area contributed by atoms with E-state index in [2.05, 4.69) is 17.2 Å². The van der Waals surface area contributed by atoms with E-state index in [1.807, 2.05) is 0 Å². The van der Waals surface area contributed by atoms with Gasteiger partial charge >= 0.3 is 6.03 Å². The minimum atomic E-state index is -0.637. The van der Waals surface area contributed by atoms with E-state index in [0.29, 0.717) is 11.3 Å². The smallest absolute Gasteiger partial charge is 0.316 e. The van der Waals surface area contributed by atoms with Gasteiger partial charge in [0.2, 0.25) is 5.91 Å². The Morgan fingerprint density at radius 1 is 1.31 bits per heavy atom. The SMILES string of the molecule is NC(=O)CC#Cc1cccc(NC(N)=O)c1. The zero-order chi connectivity index (χ0) is 12.0. The Morgan fingerprint density at radius 3 is 2.69 bits per heavy atom. The Morgan fingerprint density at radius 2 is 2.06 bits per heavy atom. The molecule has 0 bridgehead atoms. The van der Waals surface area contributed by atoms with Crippen LogP contribution in [-0.4, -0.2) is 11.9 Å². The van der Waals surface area contributed by atoms with Gasteiger partial charge in [0.15, 0.2) is 0 Å². The van der Waals surface area contributed by atoms with Crippen molar-refractivity contribution in [3.05, 3.63) is 29.8 Å². The standard InChI is InChI=1S/C11H11N3O2/c12-10(15)6-2-4-8-3-1-5-9(7-8)14-11(13)16/h1,3,5,7H,6H2,(H2,12,15)(H3,13,14,16). The van der Waals surface area contributed by atoms with E-state index in [-0.39, 0.29) is 6.42 Å². The fraction of sp³-hybridized carbons (Fsp3) is 0.0909. The summed E-state index contributed by atoms with van der Waals surface area (Å²) in [6.45, 7) is 0. The molecule has 1 aromatic carbocycles. The molecule has 16 heavy (non-hydrogen) atoms. The Kier molecular flexibility index (Phi) is 3.92. The van der Waals surface area contributed by atoms with Gasteiger partial charge in [-0.2, -0.15) is 0 Å². The molecule has 0 spiro atoms. The topological polar surface area (TPSA) is 98.2 Å². The van der Waals surface area contributed by atoms with Crippen LogP contribution in [0.25, 0.3) is 0 Å². The maximum Gasteiger partial charge on any atom is 0.316 e. The van der Waals surface area contributed by atoms with Crippen molar-refractivity contribution in [2.75, 3.05) is 5.32 Å². The molecule has 82 valence electrons. The van der Waals surface area contributed by atoms with Gasteiger partial charge in [-0.15, -0.1) is 0 Å². The first kappa shape index (κ1) is 11.6. The number of amides is 3. The van der Waals surface area contributed by atoms with Gasteiger partial charge < -0.3 is 16.8 Å². The molecule has 0 saturated heterocycles. The maximum atomic E-state index is 10.6. The highest BCUT2D eigenvalue weighted by atomic mass is 16.2. The second kappa shape index (κ2) is 5.41. The van der Waals surface area contributed by atoms with E-state index < -0.39 is 11.9 Å². The van der Waals surface area contributed by atoms with Crippen molar-refractivity contribution in [1.82, 2.24) is 0 Å². The summed E-state index contributed by atoms with van der Waals surface area (Å²) in [4.78, 5) is 21.0. The molecular formula is C11H11N3O2. The third-order valence-electron chi connectivity index (χ3n) is 1.63. The fourth-order valence-electron chi connectivity index (χ4n) is 1.05. The van der Waals surface area contributed by atoms with E-state index >= 15 is 0 Å². The molecule has 1 rings (SSSR count). The van der Waals surface area contributed by atoms with Gasteiger partial charge in [0.05, 0.1) is 6.42 Å². The summed E-state index contributed by atoms with van der Waals surface area (Å²) in [5.74, 6) is 4.89. The number of carbonyl (C=O) groups excluding carboxylic acids is 2. The van der Waals surface area contributed by atoms with Crippen molar-refractivity contribution in [3.8, 4) is 11.8 Å². The number of primary amides is 2. The molecular weight excluding hydrogens is 206 g/mol. The highest BCUT2D eigenvalue weighted by molar-refractivity contribution is 5.88. The number of benzene rings is 1. The van der Waals surface area contributed by atoms with Gasteiger partial charge in [0.25, 0.3) is 0 Å². The van der Waals surface area contributed by atoms with Crippen molar-refractivity contribution in [2.45, 2.75) is 6.42 Å². The van der Waals surface area contributed by atoms with Gasteiger partial charge in [-0.3, -0.25) is 4.79 Å². The van der Waals surface area contributed by atoms with Crippen molar-refractivity contribution in [3.63, 3.8) is 0 Å². The second-order valence-electron chi connectivity index (χ2n) is 3.01. The number of rotatable bonds is 2. The molecule has 5 heteroatoms. The zero-order valence-electron chi connectivity index (χ0n) is 8.49. The normalized spacial score (nSPS) is 8.75. The summed E-state index contributed by atoms with van der Waals surface area (Å²) in [6.07, 6.45) is 0.00742. The van der Waals surface area contributed by atoms with Gasteiger partial charge in [-0.05, 0) is 18.2 Å². The predicted octanol–water partition coefficient (Wildman–Crippen LogP) is 0.404. The van der Waals surface area contributed by atoms with Crippen LogP contribution in [0.5, 0.6) is 0 Å². The Bertz CT molecular complexity index is 472. The van der Waals surface area contributed by atoms with Crippen LogP contribution in [-0.2, 0) is 4.79 Å². The molecule has 1 aromatic rings. The number of nitrogens with one attached hydrogen (secondary N) is 1. The van der Waals surface area contributed by atoms with Crippen LogP contribution in [0.2, 0.25) is 0 Å². The summed E-state index contributed by atoms with van der Waals surface area (Å²) in [5.41, 5.74) is 11.1. The highest BCUT2D eigenvalue weighted by Gasteiger charge is 1.95. The van der Waals surface area contributed by atoms with E-state index in [1.165, 1.54) is 0 Å². The van der Waals surface area contributed by atoms with Crippen LogP contribution in [0.4, 0.5) is 10.5 Å². The molecule has 0 atom stereocenters. The molecule has 0 aromatic heterocycles. The number of hydrogen-bond acceptors (Lipinski definition) is 2. The van der Waals surface area contributed by atoms with Crippen LogP contribution >= 0.6 is 0 Å². The molecule has 5 nitrogen and oxygen atoms in total. The first-order chi connectivity index (χ1) is 7.58. The monoisotopic (exact) mass is 217 g/mol. The Balaban J connectivity index is 2.76. The van der Waals surface area contributed by atoms with Crippen LogP contribution < -0.4 is 16.8 Å². The summed E-state index contributed by atoms with van der Waals surface area (Å²) >= 11 is 0. The van der Waals surface area contributed by atoms with Gasteiger partial charge in [-0.1, -0.05) is 17.9 Å². The summed E-state index contributed by atoms with van der Waals surface area (Å²) in [6, 6.07) is 6.17. The molecule has 0 unspecified atom stereocenters. The quantitative estimate of drug-likeness (QED) is 0.625. The van der Waals surface area contributed by atoms with Crippen molar-refractivity contribution < 1.29 is 9.59 Å². The van der Waals surface area contributed by atoms with Gasteiger partial charge in [-0.25, -0.2) is 4.79 Å². The number of hydrogen-bond donors (Lipinski definition) is 3. The van der Waals surface area contributed by atoms with E-state index in [9.17, 15) is 9.59 Å². The fourth-order valence-corrected chi connectivity index (χ4v) is 1.05. The Hall–Kier alpha value is -2.48. The van der Waals surface area contributed by atoms with Crippen LogP contribution in [0.15, 0.2) is 24.3 Å². The number of urea groups is 1. The molecule has 0 aliphatic carbocycles. The minimum Gasteiger partial charge on any atom is -0.369 e. The molecule has 5 N–H and O–H groups in total. The Labute approximate surface area is 92.8 Å². The molecule has 0 heterocycles. The average Bonchev–Trinajstić information content (AvgIpc) is 2.16. The third kappa shape index (κ3) is 4.15. The lowest BCUT2D eigenvalue weighted by molar-refractivity contribution is -0.117. The maximum absolute atomic E-state index is 10.6. The number of nitrogens with two attached hydrogens (primary N) is 2. The predicted molar refractivity (Wildman–Crippen MR) is 60.3 cm³/mol. The first-order valence-corrected chi connectivity index (χ1v) is 4.51. The molecule has 0 aliphatic rings. The molecule has 0 radical (unpaired) electrons. The molecule has 3 amide bonds. The van der Waals surface area contributed by atoms with Crippen molar-refractivity contribution >= 4 is 17.6 Å². The average molecular weight is 217 g/mol. The minimum absolute atomic E-state index is 0.00742. The van der Waals surface area contributed by atoms with Crippen LogP contribution in [0, 0.1) is 11.8 Å². The van der Waals surface area contributed by atoms with Crippen molar-refractivity contribution in [1.29, 1.82) is 0 Å². The van der Waals surface area contributed by atoms with Gasteiger partial charge in [0, 0.05) is 11.3 Å². The molecule has 0 fully saturated rings. The lowest BCUT2D eigenvalue weighted by Crippen LogP contribution is -2.19. The summed E-state index contributed by atoms with van der Waals surface area (Å²) in [7, 11) is 0. The van der Waals surface area contributed by atoms with E-state index in [1.54, 1.807) is 24.3 Å². The second-order valence-corrected chi connectivity index (χ2v) is 3.01. The van der Waals surface area contributed by atoms with Crippen LogP contribution in [0.3, 0.4) is 0 Å². The largest absolute Gasteiger partial charge is 0.369 e. The summed E-state index contributed by atoms with van der Waals surface area (Å²) in [5, 5.41) is 2.42. The molecule has 0 saturated carbocycles. The van der Waals surface area contributed by atoms with Gasteiger partial charge in [0.1, 0.15) is 0 Å². The lowest BCUT2D eigenvalue weighted by Gasteiger charge is -2.00. The van der Waals surface area contributed by atoms with Crippen molar-refractivity contribution in [2.24, 2.45) is 11.5 Å². The summed E-state index contributed by atoms with van der Waals surface area (Å²) < 4.78 is 0. The zero-order valence-corrected chi connectivity index (χ0v) is 8.49. The third-order valence-corrected chi connectivity index (χ3v) is 1.63.